The average molecular weight is 368 g/mol. The Morgan fingerprint density at radius 1 is 1.35 bits per heavy atom. The summed E-state index contributed by atoms with van der Waals surface area (Å²) in [6.07, 6.45) is 1.70. The monoisotopic (exact) mass is 367 g/mol. The number of aromatic hydroxyl groups is 1. The number of phenolic OH excluding ortho intramolecular Hbond substituents is 1. The number of aromatic nitrogens is 2. The van der Waals surface area contributed by atoms with E-state index in [4.69, 9.17) is 16.3 Å². The van der Waals surface area contributed by atoms with E-state index in [-0.39, 0.29) is 16.5 Å². The molecule has 0 saturated heterocycles. The number of rotatable bonds is 5. The minimum absolute atomic E-state index is 0.107. The van der Waals surface area contributed by atoms with Crippen LogP contribution in [0.1, 0.15) is 25.2 Å². The van der Waals surface area contributed by atoms with Gasteiger partial charge in [-0.1, -0.05) is 23.7 Å². The number of allylic oxidation sites excluding steroid dienone is 1. The molecule has 1 aromatic heterocycles. The van der Waals surface area contributed by atoms with E-state index in [1.807, 2.05) is 42.7 Å². The van der Waals surface area contributed by atoms with Crippen molar-refractivity contribution in [3.8, 4) is 17.6 Å². The molecule has 3 aromatic rings. The summed E-state index contributed by atoms with van der Waals surface area (Å²) in [5, 5.41) is 19.8. The fourth-order valence-electron chi connectivity index (χ4n) is 2.86. The molecule has 0 fully saturated rings. The van der Waals surface area contributed by atoms with Gasteiger partial charge in [0, 0.05) is 6.54 Å². The number of benzene rings is 2. The van der Waals surface area contributed by atoms with Crippen molar-refractivity contribution in [2.45, 2.75) is 20.4 Å². The van der Waals surface area contributed by atoms with E-state index in [1.165, 1.54) is 0 Å². The maximum absolute atomic E-state index is 9.98. The zero-order valence-corrected chi connectivity index (χ0v) is 15.3. The van der Waals surface area contributed by atoms with Gasteiger partial charge in [-0.2, -0.15) is 5.26 Å². The van der Waals surface area contributed by atoms with Crippen LogP contribution in [0, 0.1) is 11.3 Å². The third-order valence-electron chi connectivity index (χ3n) is 3.99. The molecule has 5 nitrogen and oxygen atoms in total. The van der Waals surface area contributed by atoms with Gasteiger partial charge in [0.25, 0.3) is 0 Å². The molecular formula is C20H18ClN3O2. The van der Waals surface area contributed by atoms with Crippen LogP contribution in [-0.4, -0.2) is 21.3 Å². The van der Waals surface area contributed by atoms with Crippen molar-refractivity contribution in [1.29, 1.82) is 5.26 Å². The summed E-state index contributed by atoms with van der Waals surface area (Å²) in [6.45, 7) is 4.92. The van der Waals surface area contributed by atoms with Gasteiger partial charge < -0.3 is 14.4 Å². The van der Waals surface area contributed by atoms with E-state index in [0.29, 0.717) is 30.1 Å². The molecule has 0 radical (unpaired) electrons. The van der Waals surface area contributed by atoms with E-state index in [0.717, 1.165) is 11.0 Å². The van der Waals surface area contributed by atoms with Gasteiger partial charge in [0.15, 0.2) is 17.3 Å². The minimum Gasteiger partial charge on any atom is -0.503 e. The van der Waals surface area contributed by atoms with Crippen LogP contribution in [0.3, 0.4) is 0 Å². The SMILES string of the molecule is CCOc1cc(/C=C(/C#N)c2nc3ccccc3n2CC)cc(Cl)c1O. The van der Waals surface area contributed by atoms with Crippen molar-refractivity contribution in [3.63, 3.8) is 0 Å². The predicted molar refractivity (Wildman–Crippen MR) is 103 cm³/mol. The van der Waals surface area contributed by atoms with E-state index < -0.39 is 0 Å². The number of halogens is 1. The van der Waals surface area contributed by atoms with Crippen LogP contribution in [0.4, 0.5) is 0 Å². The summed E-state index contributed by atoms with van der Waals surface area (Å²) in [4.78, 5) is 4.61. The number of hydrogen-bond donors (Lipinski definition) is 1. The first-order valence-corrected chi connectivity index (χ1v) is 8.69. The molecule has 132 valence electrons. The first-order valence-electron chi connectivity index (χ1n) is 8.31. The first-order chi connectivity index (χ1) is 12.6. The third kappa shape index (κ3) is 3.24. The highest BCUT2D eigenvalue weighted by atomic mass is 35.5. The van der Waals surface area contributed by atoms with Gasteiger partial charge in [-0.05, 0) is 49.8 Å². The Morgan fingerprint density at radius 2 is 2.12 bits per heavy atom. The summed E-state index contributed by atoms with van der Waals surface area (Å²) in [7, 11) is 0. The summed E-state index contributed by atoms with van der Waals surface area (Å²) in [5.41, 5.74) is 2.88. The average Bonchev–Trinajstić information content (AvgIpc) is 3.02. The largest absolute Gasteiger partial charge is 0.503 e. The zero-order chi connectivity index (χ0) is 18.7. The molecule has 0 saturated carbocycles. The minimum atomic E-state index is -0.107. The molecule has 0 aliphatic carbocycles. The second kappa shape index (κ2) is 7.51. The number of fused-ring (bicyclic) bond motifs is 1. The number of phenols is 1. The molecule has 0 aliphatic rings. The Hall–Kier alpha value is -2.97. The summed E-state index contributed by atoms with van der Waals surface area (Å²) in [5.74, 6) is 0.774. The Balaban J connectivity index is 2.14. The Morgan fingerprint density at radius 3 is 2.81 bits per heavy atom. The van der Waals surface area contributed by atoms with Crippen LogP contribution in [0.5, 0.6) is 11.5 Å². The zero-order valence-electron chi connectivity index (χ0n) is 14.5. The highest BCUT2D eigenvalue weighted by molar-refractivity contribution is 6.32. The lowest BCUT2D eigenvalue weighted by Gasteiger charge is -2.09. The molecule has 3 rings (SSSR count). The quantitative estimate of drug-likeness (QED) is 0.652. The van der Waals surface area contributed by atoms with Gasteiger partial charge in [-0.25, -0.2) is 4.98 Å². The molecule has 6 heteroatoms. The fraction of sp³-hybridized carbons (Fsp3) is 0.200. The molecule has 0 unspecified atom stereocenters. The lowest BCUT2D eigenvalue weighted by atomic mass is 10.1. The van der Waals surface area contributed by atoms with Crippen molar-refractivity contribution < 1.29 is 9.84 Å². The first kappa shape index (κ1) is 17.8. The van der Waals surface area contributed by atoms with Gasteiger partial charge in [0.2, 0.25) is 0 Å². The number of ether oxygens (including phenoxy) is 1. The maximum Gasteiger partial charge on any atom is 0.176 e. The van der Waals surface area contributed by atoms with Gasteiger partial charge in [-0.3, -0.25) is 0 Å². The number of nitriles is 1. The Kier molecular flexibility index (Phi) is 5.15. The molecule has 0 atom stereocenters. The van der Waals surface area contributed by atoms with Crippen LogP contribution in [-0.2, 0) is 6.54 Å². The van der Waals surface area contributed by atoms with Crippen LogP contribution < -0.4 is 4.74 Å². The molecule has 0 aliphatic heterocycles. The van der Waals surface area contributed by atoms with Crippen LogP contribution in [0.25, 0.3) is 22.7 Å². The van der Waals surface area contributed by atoms with Crippen molar-refractivity contribution >= 4 is 34.3 Å². The van der Waals surface area contributed by atoms with E-state index in [2.05, 4.69) is 11.1 Å². The highest BCUT2D eigenvalue weighted by Gasteiger charge is 2.15. The topological polar surface area (TPSA) is 71.1 Å². The van der Waals surface area contributed by atoms with Crippen molar-refractivity contribution in [1.82, 2.24) is 9.55 Å². The Labute approximate surface area is 156 Å². The van der Waals surface area contributed by atoms with Gasteiger partial charge in [-0.15, -0.1) is 0 Å². The molecule has 0 spiro atoms. The second-order valence-corrected chi connectivity index (χ2v) is 6.03. The van der Waals surface area contributed by atoms with Crippen LogP contribution in [0.2, 0.25) is 5.02 Å². The Bertz CT molecular complexity index is 1030. The number of imidazole rings is 1. The van der Waals surface area contributed by atoms with Crippen molar-refractivity contribution in [3.05, 3.63) is 52.8 Å². The normalized spacial score (nSPS) is 11.5. The molecular weight excluding hydrogens is 350 g/mol. The summed E-state index contributed by atoms with van der Waals surface area (Å²) in [6, 6.07) is 13.2. The molecule has 1 heterocycles. The fourth-order valence-corrected chi connectivity index (χ4v) is 3.08. The van der Waals surface area contributed by atoms with E-state index >= 15 is 0 Å². The van der Waals surface area contributed by atoms with Crippen molar-refractivity contribution in [2.75, 3.05) is 6.61 Å². The highest BCUT2D eigenvalue weighted by Crippen LogP contribution is 2.36. The number of aryl methyl sites for hydroxylation is 1. The lowest BCUT2D eigenvalue weighted by Crippen LogP contribution is -2.00. The second-order valence-electron chi connectivity index (χ2n) is 5.62. The molecule has 0 amide bonds. The van der Waals surface area contributed by atoms with Crippen LogP contribution >= 0.6 is 11.6 Å². The van der Waals surface area contributed by atoms with E-state index in [1.54, 1.807) is 18.2 Å². The lowest BCUT2D eigenvalue weighted by molar-refractivity contribution is 0.318. The van der Waals surface area contributed by atoms with E-state index in [9.17, 15) is 10.4 Å². The number of hydrogen-bond acceptors (Lipinski definition) is 4. The molecule has 0 bridgehead atoms. The van der Waals surface area contributed by atoms with Gasteiger partial charge in [0.05, 0.1) is 28.2 Å². The molecule has 26 heavy (non-hydrogen) atoms. The molecule has 1 N–H and O–H groups in total. The van der Waals surface area contributed by atoms with Gasteiger partial charge in [0.1, 0.15) is 6.07 Å². The van der Waals surface area contributed by atoms with Gasteiger partial charge >= 0.3 is 0 Å². The standard InChI is InChI=1S/C20H18ClN3O2/c1-3-24-17-8-6-5-7-16(17)23-20(24)14(12-22)9-13-10-15(21)19(25)18(11-13)26-4-2/h5-11,25H,3-4H2,1-2H3/b14-9-. The molecule has 2 aromatic carbocycles. The smallest absolute Gasteiger partial charge is 0.176 e. The van der Waals surface area contributed by atoms with Crippen molar-refractivity contribution in [2.24, 2.45) is 0 Å². The third-order valence-corrected chi connectivity index (χ3v) is 4.28. The maximum atomic E-state index is 9.98. The predicted octanol–water partition coefficient (Wildman–Crippen LogP) is 4.88. The van der Waals surface area contributed by atoms with Crippen LogP contribution in [0.15, 0.2) is 36.4 Å². The summed E-state index contributed by atoms with van der Waals surface area (Å²) >= 11 is 6.09. The summed E-state index contributed by atoms with van der Waals surface area (Å²) < 4.78 is 7.40. The number of para-hydroxylation sites is 2. The number of nitrogens with zero attached hydrogens (tertiary/aromatic N) is 3.